The third-order valence-corrected chi connectivity index (χ3v) is 3.90. The molecule has 0 saturated carbocycles. The molecule has 2 N–H and O–H groups in total. The summed E-state index contributed by atoms with van der Waals surface area (Å²) in [5.41, 5.74) is 1.18. The van der Waals surface area contributed by atoms with Crippen LogP contribution in [0, 0.1) is 0 Å². The lowest BCUT2D eigenvalue weighted by atomic mass is 10.2. The van der Waals surface area contributed by atoms with Crippen LogP contribution in [0.5, 0.6) is 0 Å². The number of rotatable bonds is 3. The minimum Gasteiger partial charge on any atom is -0.352 e. The highest BCUT2D eigenvalue weighted by Crippen LogP contribution is 2.19. The molecule has 0 unspecified atom stereocenters. The molecule has 0 aliphatic carbocycles. The van der Waals surface area contributed by atoms with E-state index in [2.05, 4.69) is 9.97 Å². The van der Waals surface area contributed by atoms with Gasteiger partial charge in [-0.15, -0.1) is 0 Å². The first-order valence-electron chi connectivity index (χ1n) is 7.08. The van der Waals surface area contributed by atoms with Crippen molar-refractivity contribution in [2.45, 2.75) is 13.1 Å². The van der Waals surface area contributed by atoms with Crippen molar-refractivity contribution in [1.29, 1.82) is 0 Å². The van der Waals surface area contributed by atoms with Gasteiger partial charge in [-0.05, 0) is 18.2 Å². The second kappa shape index (κ2) is 4.77. The molecule has 0 fully saturated rings. The molecule has 110 valence electrons. The molecule has 0 bridgehead atoms. The number of aromatic amines is 2. The van der Waals surface area contributed by atoms with Gasteiger partial charge in [0.25, 0.3) is 5.56 Å². The minimum atomic E-state index is -0.361. The van der Waals surface area contributed by atoms with Crippen LogP contribution >= 0.6 is 0 Å². The molecule has 0 spiro atoms. The lowest BCUT2D eigenvalue weighted by molar-refractivity contribution is 0.583. The normalized spacial score (nSPS) is 11.5. The van der Waals surface area contributed by atoms with Crippen molar-refractivity contribution in [2.24, 2.45) is 0 Å². The molecule has 6 heteroatoms. The van der Waals surface area contributed by atoms with Gasteiger partial charge < -0.3 is 19.1 Å². The van der Waals surface area contributed by atoms with Gasteiger partial charge in [0.2, 0.25) is 0 Å². The molecule has 0 aliphatic rings. The summed E-state index contributed by atoms with van der Waals surface area (Å²) in [6.45, 7) is 1.23. The Morgan fingerprint density at radius 1 is 0.864 bits per heavy atom. The number of pyridine rings is 1. The predicted molar refractivity (Wildman–Crippen MR) is 85.1 cm³/mol. The average molecular weight is 294 g/mol. The fourth-order valence-electron chi connectivity index (χ4n) is 2.87. The van der Waals surface area contributed by atoms with E-state index < -0.39 is 0 Å². The van der Waals surface area contributed by atoms with Crippen LogP contribution in [0.1, 0.15) is 0 Å². The quantitative estimate of drug-likeness (QED) is 0.603. The lowest BCUT2D eigenvalue weighted by Gasteiger charge is -2.11. The van der Waals surface area contributed by atoms with Crippen molar-refractivity contribution in [2.75, 3.05) is 0 Å². The van der Waals surface area contributed by atoms with Crippen LogP contribution in [0.4, 0.5) is 0 Å². The molecule has 0 amide bonds. The zero-order valence-electron chi connectivity index (χ0n) is 11.7. The first-order chi connectivity index (χ1) is 10.7. The van der Waals surface area contributed by atoms with E-state index in [9.17, 15) is 9.59 Å². The van der Waals surface area contributed by atoms with Crippen LogP contribution in [0.2, 0.25) is 0 Å². The monoisotopic (exact) mass is 294 g/mol. The summed E-state index contributed by atoms with van der Waals surface area (Å²) in [5.74, 6) is 0. The Kier molecular flexibility index (Phi) is 2.75. The maximum absolute atomic E-state index is 12.7. The van der Waals surface area contributed by atoms with Gasteiger partial charge in [0.05, 0.1) is 11.0 Å². The molecule has 3 aromatic heterocycles. The summed E-state index contributed by atoms with van der Waals surface area (Å²) in [6.07, 6.45) is 3.92. The van der Waals surface area contributed by atoms with Crippen molar-refractivity contribution in [3.05, 3.63) is 69.6 Å². The molecule has 4 aromatic rings. The molecule has 4 rings (SSSR count). The summed E-state index contributed by atoms with van der Waals surface area (Å²) in [7, 11) is 0. The van der Waals surface area contributed by atoms with E-state index in [1.807, 2.05) is 53.4 Å². The molecule has 0 saturated heterocycles. The second-order valence-electron chi connectivity index (χ2n) is 5.22. The van der Waals surface area contributed by atoms with E-state index in [-0.39, 0.29) is 11.2 Å². The van der Waals surface area contributed by atoms with Crippen molar-refractivity contribution < 1.29 is 0 Å². The Bertz CT molecular complexity index is 1070. The van der Waals surface area contributed by atoms with Crippen LogP contribution < -0.4 is 11.2 Å². The highest BCUT2D eigenvalue weighted by molar-refractivity contribution is 6.01. The number of fused-ring (bicyclic) bond motifs is 3. The van der Waals surface area contributed by atoms with E-state index in [1.165, 1.54) is 0 Å². The number of nitrogens with zero attached hydrogens (tertiary/aromatic N) is 2. The zero-order chi connectivity index (χ0) is 15.1. The van der Waals surface area contributed by atoms with Gasteiger partial charge in [-0.1, -0.05) is 18.2 Å². The standard InChI is InChI=1S/C16H14N4O2/c21-15-14-13(17-16(22)18-14)11-5-1-2-6-12(11)20(15)10-9-19-7-3-4-8-19/h1-8H,9-10H2,(H2,17,18,22). The number of para-hydroxylation sites is 1. The van der Waals surface area contributed by atoms with Gasteiger partial charge in [-0.2, -0.15) is 0 Å². The SMILES string of the molecule is O=c1[nH]c2c(=O)n(CCn3cccc3)c3ccccc3c2[nH]1. The van der Waals surface area contributed by atoms with Crippen LogP contribution in [-0.4, -0.2) is 19.1 Å². The average Bonchev–Trinajstić information content (AvgIpc) is 3.16. The number of hydrogen-bond acceptors (Lipinski definition) is 2. The molecule has 0 aliphatic heterocycles. The van der Waals surface area contributed by atoms with Gasteiger partial charge >= 0.3 is 5.69 Å². The Morgan fingerprint density at radius 3 is 2.41 bits per heavy atom. The van der Waals surface area contributed by atoms with E-state index >= 15 is 0 Å². The fourth-order valence-corrected chi connectivity index (χ4v) is 2.87. The Balaban J connectivity index is 1.96. The zero-order valence-corrected chi connectivity index (χ0v) is 11.7. The number of aromatic nitrogens is 4. The molecule has 1 aromatic carbocycles. The highest BCUT2D eigenvalue weighted by Gasteiger charge is 2.12. The van der Waals surface area contributed by atoms with E-state index in [4.69, 9.17) is 0 Å². The van der Waals surface area contributed by atoms with E-state index in [0.29, 0.717) is 24.1 Å². The fraction of sp³-hybridized carbons (Fsp3) is 0.125. The van der Waals surface area contributed by atoms with Gasteiger partial charge in [0, 0.05) is 30.9 Å². The predicted octanol–water partition coefficient (Wildman–Crippen LogP) is 1.67. The third-order valence-electron chi connectivity index (χ3n) is 3.90. The first kappa shape index (κ1) is 12.7. The van der Waals surface area contributed by atoms with Gasteiger partial charge in [-0.25, -0.2) is 4.79 Å². The third kappa shape index (κ3) is 1.88. The van der Waals surface area contributed by atoms with E-state index in [0.717, 1.165) is 10.9 Å². The summed E-state index contributed by atoms with van der Waals surface area (Å²) in [4.78, 5) is 29.6. The van der Waals surface area contributed by atoms with Crippen molar-refractivity contribution >= 4 is 21.9 Å². The molecular formula is C16H14N4O2. The highest BCUT2D eigenvalue weighted by atomic mass is 16.1. The number of imidazole rings is 1. The Labute approximate surface area is 124 Å². The van der Waals surface area contributed by atoms with Crippen LogP contribution in [0.15, 0.2) is 58.4 Å². The van der Waals surface area contributed by atoms with Crippen LogP contribution in [0.3, 0.4) is 0 Å². The number of benzene rings is 1. The van der Waals surface area contributed by atoms with Crippen molar-refractivity contribution in [1.82, 2.24) is 19.1 Å². The lowest BCUT2D eigenvalue weighted by Crippen LogP contribution is -2.23. The van der Waals surface area contributed by atoms with E-state index in [1.54, 1.807) is 4.57 Å². The van der Waals surface area contributed by atoms with Gasteiger partial charge in [-0.3, -0.25) is 4.79 Å². The minimum absolute atomic E-state index is 0.181. The number of H-pyrrole nitrogens is 2. The summed E-state index contributed by atoms with van der Waals surface area (Å²) in [5, 5.41) is 0.864. The molecule has 6 nitrogen and oxygen atoms in total. The maximum Gasteiger partial charge on any atom is 0.323 e. The van der Waals surface area contributed by atoms with Crippen molar-refractivity contribution in [3.63, 3.8) is 0 Å². The maximum atomic E-state index is 12.7. The number of aryl methyl sites for hydroxylation is 2. The molecule has 3 heterocycles. The number of nitrogens with one attached hydrogen (secondary N) is 2. The van der Waals surface area contributed by atoms with Crippen LogP contribution in [-0.2, 0) is 13.1 Å². The molecular weight excluding hydrogens is 280 g/mol. The molecule has 22 heavy (non-hydrogen) atoms. The number of hydrogen-bond donors (Lipinski definition) is 2. The summed E-state index contributed by atoms with van der Waals surface area (Å²) >= 11 is 0. The van der Waals surface area contributed by atoms with Crippen LogP contribution in [0.25, 0.3) is 21.9 Å². The topological polar surface area (TPSA) is 75.6 Å². The molecule has 0 atom stereocenters. The largest absolute Gasteiger partial charge is 0.352 e. The van der Waals surface area contributed by atoms with Gasteiger partial charge in [0.1, 0.15) is 5.52 Å². The summed E-state index contributed by atoms with van der Waals surface area (Å²) in [6, 6.07) is 11.5. The van der Waals surface area contributed by atoms with Gasteiger partial charge in [0.15, 0.2) is 0 Å². The Hall–Kier alpha value is -3.02. The summed E-state index contributed by atoms with van der Waals surface area (Å²) < 4.78 is 3.73. The molecule has 0 radical (unpaired) electrons. The first-order valence-corrected chi connectivity index (χ1v) is 7.08. The smallest absolute Gasteiger partial charge is 0.323 e. The Morgan fingerprint density at radius 2 is 1.59 bits per heavy atom. The second-order valence-corrected chi connectivity index (χ2v) is 5.22. The van der Waals surface area contributed by atoms with Crippen molar-refractivity contribution in [3.8, 4) is 0 Å².